The number of nitriles is 1. The molecule has 0 aliphatic heterocycles. The van der Waals surface area contributed by atoms with Gasteiger partial charge in [-0.2, -0.15) is 18.0 Å². The van der Waals surface area contributed by atoms with Gasteiger partial charge in [0, 0.05) is 61.0 Å². The molecule has 0 radical (unpaired) electrons. The predicted molar refractivity (Wildman–Crippen MR) is 120 cm³/mol. The molecule has 1 aromatic carbocycles. The molecule has 0 saturated carbocycles. The lowest BCUT2D eigenvalue weighted by atomic mass is 10.0. The number of H-pyrrole nitrogens is 1. The van der Waals surface area contributed by atoms with Crippen molar-refractivity contribution < 1.29 is 17.6 Å². The summed E-state index contributed by atoms with van der Waals surface area (Å²) in [6.07, 6.45) is 5.99. The molecule has 0 bridgehead atoms. The first-order valence-corrected chi connectivity index (χ1v) is 11.0. The minimum absolute atomic E-state index is 0.162. The fraction of sp³-hybridized carbons (Fsp3) is 0.0909. The molecule has 0 saturated heterocycles. The standard InChI is InChI=1S/C22H17FN6O3S/c1-29(2)33(31,32)28-19-5-3-4-16(20(19)23)21(30)18-12-27-22-17(18)7-15(11-26-22)14-6-13(8-24)9-25-10-14/h3-7,9-12,28H,1-2H3,(H,26,27). The van der Waals surface area contributed by atoms with Crippen molar-refractivity contribution in [3.8, 4) is 17.2 Å². The molecule has 3 heterocycles. The molecule has 0 unspecified atom stereocenters. The molecule has 2 N–H and O–H groups in total. The number of benzene rings is 1. The van der Waals surface area contributed by atoms with Gasteiger partial charge in [0.2, 0.25) is 0 Å². The van der Waals surface area contributed by atoms with Gasteiger partial charge in [-0.05, 0) is 24.3 Å². The zero-order valence-electron chi connectivity index (χ0n) is 17.5. The summed E-state index contributed by atoms with van der Waals surface area (Å²) in [7, 11) is -1.36. The minimum atomic E-state index is -3.96. The van der Waals surface area contributed by atoms with Crippen molar-refractivity contribution >= 4 is 32.7 Å². The number of carbonyl (C=O) groups is 1. The number of aromatic amines is 1. The summed E-state index contributed by atoms with van der Waals surface area (Å²) in [4.78, 5) is 24.4. The van der Waals surface area contributed by atoms with Crippen LogP contribution in [0, 0.1) is 17.1 Å². The minimum Gasteiger partial charge on any atom is -0.345 e. The van der Waals surface area contributed by atoms with Gasteiger partial charge in [-0.25, -0.2) is 9.37 Å². The Morgan fingerprint density at radius 3 is 2.64 bits per heavy atom. The molecule has 11 heteroatoms. The molecule has 0 aliphatic rings. The molecule has 0 amide bonds. The van der Waals surface area contributed by atoms with E-state index < -0.39 is 21.8 Å². The number of nitrogens with zero attached hydrogens (tertiary/aromatic N) is 4. The summed E-state index contributed by atoms with van der Waals surface area (Å²) >= 11 is 0. The second kappa shape index (κ2) is 8.42. The number of nitrogens with one attached hydrogen (secondary N) is 2. The van der Waals surface area contributed by atoms with E-state index in [1.54, 1.807) is 24.5 Å². The quantitative estimate of drug-likeness (QED) is 0.422. The molecule has 0 fully saturated rings. The van der Waals surface area contributed by atoms with Gasteiger partial charge < -0.3 is 4.98 Å². The van der Waals surface area contributed by atoms with Crippen LogP contribution in [-0.4, -0.2) is 47.6 Å². The maximum absolute atomic E-state index is 15.1. The highest BCUT2D eigenvalue weighted by Gasteiger charge is 2.23. The lowest BCUT2D eigenvalue weighted by Crippen LogP contribution is -2.29. The third kappa shape index (κ3) is 4.17. The first-order chi connectivity index (χ1) is 15.7. The Balaban J connectivity index is 1.76. The number of hydrogen-bond acceptors (Lipinski definition) is 6. The Hall–Kier alpha value is -4.14. The fourth-order valence-corrected chi connectivity index (χ4v) is 3.79. The molecule has 0 atom stereocenters. The Bertz CT molecular complexity index is 1540. The van der Waals surface area contributed by atoms with Crippen LogP contribution in [0.25, 0.3) is 22.2 Å². The zero-order chi connectivity index (χ0) is 23.8. The maximum atomic E-state index is 15.1. The van der Waals surface area contributed by atoms with E-state index in [1.165, 1.54) is 44.7 Å². The topological polar surface area (TPSA) is 132 Å². The summed E-state index contributed by atoms with van der Waals surface area (Å²) in [5, 5.41) is 9.55. The van der Waals surface area contributed by atoms with E-state index in [0.29, 0.717) is 27.7 Å². The number of aromatic nitrogens is 3. The lowest BCUT2D eigenvalue weighted by molar-refractivity contribution is 0.103. The molecule has 9 nitrogen and oxygen atoms in total. The number of rotatable bonds is 6. The van der Waals surface area contributed by atoms with Crippen molar-refractivity contribution in [2.24, 2.45) is 0 Å². The van der Waals surface area contributed by atoms with Crippen LogP contribution in [0.2, 0.25) is 0 Å². The van der Waals surface area contributed by atoms with Crippen LogP contribution in [0.15, 0.2) is 55.1 Å². The first kappa shape index (κ1) is 22.1. The van der Waals surface area contributed by atoms with Gasteiger partial charge in [0.15, 0.2) is 11.6 Å². The summed E-state index contributed by atoms with van der Waals surface area (Å²) in [5.41, 5.74) is 1.56. The predicted octanol–water partition coefficient (Wildman–Crippen LogP) is 3.08. The average molecular weight is 464 g/mol. The zero-order valence-corrected chi connectivity index (χ0v) is 18.3. The van der Waals surface area contributed by atoms with Crippen LogP contribution in [0.4, 0.5) is 10.1 Å². The van der Waals surface area contributed by atoms with Crippen LogP contribution < -0.4 is 4.72 Å². The number of anilines is 1. The molecular formula is C22H17FN6O3S. The smallest absolute Gasteiger partial charge is 0.301 e. The highest BCUT2D eigenvalue weighted by atomic mass is 32.2. The molecule has 4 aromatic rings. The van der Waals surface area contributed by atoms with Gasteiger partial charge in [0.25, 0.3) is 0 Å². The summed E-state index contributed by atoms with van der Waals surface area (Å²) in [6, 6.07) is 9.26. The second-order valence-corrected chi connectivity index (χ2v) is 9.17. The third-order valence-corrected chi connectivity index (χ3v) is 6.38. The van der Waals surface area contributed by atoms with Crippen molar-refractivity contribution in [2.45, 2.75) is 0 Å². The Morgan fingerprint density at radius 1 is 1.15 bits per heavy atom. The fourth-order valence-electron chi connectivity index (χ4n) is 3.17. The first-order valence-electron chi connectivity index (χ1n) is 9.57. The number of pyridine rings is 2. The van der Waals surface area contributed by atoms with Gasteiger partial charge in [0.1, 0.15) is 11.7 Å². The Labute approximate surface area is 188 Å². The number of halogens is 1. The van der Waals surface area contributed by atoms with Gasteiger partial charge in [-0.1, -0.05) is 6.07 Å². The van der Waals surface area contributed by atoms with E-state index in [4.69, 9.17) is 5.26 Å². The van der Waals surface area contributed by atoms with Crippen LogP contribution in [0.5, 0.6) is 0 Å². The van der Waals surface area contributed by atoms with Gasteiger partial charge in [-0.3, -0.25) is 14.5 Å². The van der Waals surface area contributed by atoms with E-state index in [1.807, 2.05) is 6.07 Å². The van der Waals surface area contributed by atoms with Crippen LogP contribution in [0.1, 0.15) is 21.5 Å². The van der Waals surface area contributed by atoms with Crippen molar-refractivity contribution in [3.05, 3.63) is 77.6 Å². The average Bonchev–Trinajstić information content (AvgIpc) is 3.23. The second-order valence-electron chi connectivity index (χ2n) is 7.28. The molecule has 166 valence electrons. The highest BCUT2D eigenvalue weighted by Crippen LogP contribution is 2.28. The van der Waals surface area contributed by atoms with Crippen LogP contribution >= 0.6 is 0 Å². The van der Waals surface area contributed by atoms with Crippen molar-refractivity contribution in [3.63, 3.8) is 0 Å². The summed E-state index contributed by atoms with van der Waals surface area (Å²) < 4.78 is 42.3. The number of ketones is 1. The lowest BCUT2D eigenvalue weighted by Gasteiger charge is -2.14. The monoisotopic (exact) mass is 464 g/mol. The van der Waals surface area contributed by atoms with Gasteiger partial charge >= 0.3 is 10.2 Å². The maximum Gasteiger partial charge on any atom is 0.301 e. The summed E-state index contributed by atoms with van der Waals surface area (Å²) in [6.45, 7) is 0. The molecule has 4 rings (SSSR count). The number of fused-ring (bicyclic) bond motifs is 1. The van der Waals surface area contributed by atoms with E-state index in [2.05, 4.69) is 19.7 Å². The molecule has 3 aromatic heterocycles. The Morgan fingerprint density at radius 2 is 1.91 bits per heavy atom. The van der Waals surface area contributed by atoms with E-state index in [0.717, 1.165) is 4.31 Å². The molecule has 0 spiro atoms. The van der Waals surface area contributed by atoms with E-state index >= 15 is 4.39 Å². The van der Waals surface area contributed by atoms with E-state index in [9.17, 15) is 13.2 Å². The van der Waals surface area contributed by atoms with Crippen molar-refractivity contribution in [1.82, 2.24) is 19.3 Å². The SMILES string of the molecule is CN(C)S(=O)(=O)Nc1cccc(C(=O)c2c[nH]c3ncc(-c4cncc(C#N)c4)cc23)c1F. The largest absolute Gasteiger partial charge is 0.345 e. The van der Waals surface area contributed by atoms with E-state index in [-0.39, 0.29) is 16.8 Å². The molecular weight excluding hydrogens is 447 g/mol. The van der Waals surface area contributed by atoms with Crippen LogP contribution in [-0.2, 0) is 10.2 Å². The third-order valence-electron chi connectivity index (χ3n) is 4.94. The normalized spacial score (nSPS) is 11.5. The summed E-state index contributed by atoms with van der Waals surface area (Å²) in [5.74, 6) is -1.63. The van der Waals surface area contributed by atoms with Gasteiger partial charge in [-0.15, -0.1) is 0 Å². The van der Waals surface area contributed by atoms with Gasteiger partial charge in [0.05, 0.1) is 16.8 Å². The van der Waals surface area contributed by atoms with Crippen LogP contribution in [0.3, 0.4) is 0 Å². The molecule has 0 aliphatic carbocycles. The van der Waals surface area contributed by atoms with Crippen molar-refractivity contribution in [2.75, 3.05) is 18.8 Å². The number of carbonyl (C=O) groups excluding carboxylic acids is 1. The van der Waals surface area contributed by atoms with Crippen molar-refractivity contribution in [1.29, 1.82) is 5.26 Å². The number of hydrogen-bond donors (Lipinski definition) is 2. The highest BCUT2D eigenvalue weighted by molar-refractivity contribution is 7.90. The Kier molecular flexibility index (Phi) is 5.63. The molecule has 33 heavy (non-hydrogen) atoms.